The molecule has 4 saturated carbocycles. The Morgan fingerprint density at radius 2 is 1.64 bits per heavy atom. The molecular weight excluding hydrogens is 278 g/mol. The molecule has 4 aliphatic rings. The van der Waals surface area contributed by atoms with Gasteiger partial charge in [0.25, 0.3) is 0 Å². The molecule has 0 spiro atoms. The van der Waals surface area contributed by atoms with Gasteiger partial charge in [-0.3, -0.25) is 4.79 Å². The lowest BCUT2D eigenvalue weighted by Crippen LogP contribution is -2.58. The van der Waals surface area contributed by atoms with Crippen LogP contribution >= 0.6 is 0 Å². The van der Waals surface area contributed by atoms with Gasteiger partial charge in [-0.05, 0) is 69.1 Å². The number of ether oxygens (including phenoxy) is 1. The second kappa shape index (κ2) is 5.86. The summed E-state index contributed by atoms with van der Waals surface area (Å²) in [6.45, 7) is 3.83. The fourth-order valence-electron chi connectivity index (χ4n) is 5.65. The molecule has 4 bridgehead atoms. The van der Waals surface area contributed by atoms with Crippen LogP contribution in [-0.2, 0) is 14.3 Å². The van der Waals surface area contributed by atoms with Crippen LogP contribution in [0.5, 0.6) is 0 Å². The number of carbonyl (C=O) groups excluding carboxylic acids is 2. The number of hydrogen-bond donors (Lipinski definition) is 1. The van der Waals surface area contributed by atoms with Gasteiger partial charge in [0.05, 0.1) is 7.11 Å². The van der Waals surface area contributed by atoms with Gasteiger partial charge in [-0.15, -0.1) is 0 Å². The number of amides is 1. The highest BCUT2D eigenvalue weighted by atomic mass is 16.5. The van der Waals surface area contributed by atoms with E-state index in [1.165, 1.54) is 39.2 Å². The van der Waals surface area contributed by atoms with E-state index in [1.54, 1.807) is 6.92 Å². The SMILES string of the molecule is CCCC(C)(NC(=O)C1C2CC3CC(C2)CC1C3)C(=O)OC. The molecule has 124 valence electrons. The summed E-state index contributed by atoms with van der Waals surface area (Å²) in [6.07, 6.45) is 7.71. The van der Waals surface area contributed by atoms with E-state index in [4.69, 9.17) is 4.74 Å². The highest BCUT2D eigenvalue weighted by molar-refractivity contribution is 5.89. The molecule has 0 aromatic heterocycles. The van der Waals surface area contributed by atoms with E-state index in [0.29, 0.717) is 18.3 Å². The topological polar surface area (TPSA) is 55.4 Å². The van der Waals surface area contributed by atoms with Crippen LogP contribution in [0, 0.1) is 29.6 Å². The number of rotatable bonds is 5. The third-order valence-electron chi connectivity index (χ3n) is 6.31. The van der Waals surface area contributed by atoms with Crippen molar-refractivity contribution >= 4 is 11.9 Å². The van der Waals surface area contributed by atoms with E-state index in [0.717, 1.165) is 18.3 Å². The second-order valence-corrected chi connectivity index (χ2v) is 8.02. The molecule has 4 heteroatoms. The third kappa shape index (κ3) is 2.65. The van der Waals surface area contributed by atoms with Crippen molar-refractivity contribution in [2.24, 2.45) is 29.6 Å². The molecule has 0 radical (unpaired) electrons. The van der Waals surface area contributed by atoms with Crippen LogP contribution in [0.15, 0.2) is 0 Å². The van der Waals surface area contributed by atoms with Gasteiger partial charge in [-0.2, -0.15) is 0 Å². The van der Waals surface area contributed by atoms with Crippen molar-refractivity contribution in [2.45, 2.75) is 64.3 Å². The molecular formula is C18H29NO3. The van der Waals surface area contributed by atoms with Gasteiger partial charge in [0.2, 0.25) is 5.91 Å². The summed E-state index contributed by atoms with van der Waals surface area (Å²) in [5.41, 5.74) is -0.880. The van der Waals surface area contributed by atoms with Gasteiger partial charge in [0, 0.05) is 5.92 Å². The maximum atomic E-state index is 12.9. The smallest absolute Gasteiger partial charge is 0.331 e. The molecule has 0 aromatic carbocycles. The Bertz CT molecular complexity index is 433. The van der Waals surface area contributed by atoms with Gasteiger partial charge in [-0.25, -0.2) is 4.79 Å². The Balaban J connectivity index is 1.72. The predicted octanol–water partition coefficient (Wildman–Crippen LogP) is 2.91. The zero-order chi connectivity index (χ0) is 15.9. The molecule has 0 saturated heterocycles. The average molecular weight is 307 g/mol. The first kappa shape index (κ1) is 15.8. The van der Waals surface area contributed by atoms with Gasteiger partial charge in [-0.1, -0.05) is 13.3 Å². The van der Waals surface area contributed by atoms with E-state index < -0.39 is 5.54 Å². The molecule has 1 unspecified atom stereocenters. The molecule has 4 aliphatic carbocycles. The van der Waals surface area contributed by atoms with Crippen LogP contribution in [0.2, 0.25) is 0 Å². The van der Waals surface area contributed by atoms with Crippen molar-refractivity contribution in [3.8, 4) is 0 Å². The predicted molar refractivity (Wildman–Crippen MR) is 84.0 cm³/mol. The standard InChI is InChI=1S/C18H29NO3/c1-4-5-18(2,17(21)22-3)19-16(20)15-13-7-11-6-12(9-13)10-14(15)8-11/h11-15H,4-10H2,1-3H3,(H,19,20). The van der Waals surface area contributed by atoms with E-state index in [2.05, 4.69) is 5.32 Å². The van der Waals surface area contributed by atoms with Crippen molar-refractivity contribution in [2.75, 3.05) is 7.11 Å². The fourth-order valence-corrected chi connectivity index (χ4v) is 5.65. The molecule has 0 aromatic rings. The first-order valence-corrected chi connectivity index (χ1v) is 8.87. The van der Waals surface area contributed by atoms with E-state index in [9.17, 15) is 9.59 Å². The van der Waals surface area contributed by atoms with E-state index in [-0.39, 0.29) is 17.8 Å². The third-order valence-corrected chi connectivity index (χ3v) is 6.31. The van der Waals surface area contributed by atoms with Crippen LogP contribution in [0.1, 0.15) is 58.8 Å². The zero-order valence-corrected chi connectivity index (χ0v) is 14.1. The number of hydrogen-bond acceptors (Lipinski definition) is 3. The molecule has 4 rings (SSSR count). The Hall–Kier alpha value is -1.06. The van der Waals surface area contributed by atoms with Crippen molar-refractivity contribution in [3.05, 3.63) is 0 Å². The molecule has 4 nitrogen and oxygen atoms in total. The van der Waals surface area contributed by atoms with Crippen LogP contribution < -0.4 is 5.32 Å². The summed E-state index contributed by atoms with van der Waals surface area (Å²) < 4.78 is 4.92. The van der Waals surface area contributed by atoms with E-state index >= 15 is 0 Å². The summed E-state index contributed by atoms with van der Waals surface area (Å²) in [6, 6.07) is 0. The Morgan fingerprint density at radius 1 is 1.09 bits per heavy atom. The maximum absolute atomic E-state index is 12.9. The maximum Gasteiger partial charge on any atom is 0.331 e. The highest BCUT2D eigenvalue weighted by Crippen LogP contribution is 2.56. The minimum Gasteiger partial charge on any atom is -0.467 e. The van der Waals surface area contributed by atoms with Crippen LogP contribution in [0.4, 0.5) is 0 Å². The van der Waals surface area contributed by atoms with Gasteiger partial charge in [0.15, 0.2) is 0 Å². The van der Waals surface area contributed by atoms with Crippen LogP contribution in [0.25, 0.3) is 0 Å². The molecule has 4 fully saturated rings. The second-order valence-electron chi connectivity index (χ2n) is 8.02. The lowest BCUT2D eigenvalue weighted by Gasteiger charge is -2.54. The lowest BCUT2D eigenvalue weighted by atomic mass is 9.51. The van der Waals surface area contributed by atoms with Crippen molar-refractivity contribution in [3.63, 3.8) is 0 Å². The summed E-state index contributed by atoms with van der Waals surface area (Å²) >= 11 is 0. The van der Waals surface area contributed by atoms with Crippen molar-refractivity contribution < 1.29 is 14.3 Å². The molecule has 0 heterocycles. The minimum absolute atomic E-state index is 0.0927. The Morgan fingerprint density at radius 3 is 2.09 bits per heavy atom. The molecule has 22 heavy (non-hydrogen) atoms. The molecule has 1 atom stereocenters. The first-order chi connectivity index (χ1) is 10.5. The molecule has 1 amide bonds. The first-order valence-electron chi connectivity index (χ1n) is 8.87. The highest BCUT2D eigenvalue weighted by Gasteiger charge is 2.51. The van der Waals surface area contributed by atoms with Gasteiger partial charge in [0.1, 0.15) is 5.54 Å². The summed E-state index contributed by atoms with van der Waals surface area (Å²) in [7, 11) is 1.39. The Kier molecular flexibility index (Phi) is 4.21. The van der Waals surface area contributed by atoms with E-state index in [1.807, 2.05) is 6.92 Å². The zero-order valence-electron chi connectivity index (χ0n) is 14.1. The number of carbonyl (C=O) groups is 2. The summed E-state index contributed by atoms with van der Waals surface area (Å²) in [5.74, 6) is 2.68. The number of esters is 1. The molecule has 1 N–H and O–H groups in total. The summed E-state index contributed by atoms with van der Waals surface area (Å²) in [4.78, 5) is 25.0. The minimum atomic E-state index is -0.880. The normalized spacial score (nSPS) is 38.4. The largest absolute Gasteiger partial charge is 0.467 e. The number of nitrogens with one attached hydrogen (secondary N) is 1. The van der Waals surface area contributed by atoms with Crippen LogP contribution in [0.3, 0.4) is 0 Å². The van der Waals surface area contributed by atoms with Crippen LogP contribution in [-0.4, -0.2) is 24.5 Å². The van der Waals surface area contributed by atoms with Crippen molar-refractivity contribution in [1.29, 1.82) is 0 Å². The van der Waals surface area contributed by atoms with Gasteiger partial charge < -0.3 is 10.1 Å². The summed E-state index contributed by atoms with van der Waals surface area (Å²) in [5, 5.41) is 3.06. The van der Waals surface area contributed by atoms with Gasteiger partial charge >= 0.3 is 5.97 Å². The average Bonchev–Trinajstić information content (AvgIpc) is 2.45. The Labute approximate surface area is 133 Å². The van der Waals surface area contributed by atoms with Crippen molar-refractivity contribution in [1.82, 2.24) is 5.32 Å². The fraction of sp³-hybridized carbons (Fsp3) is 0.889. The lowest BCUT2D eigenvalue weighted by molar-refractivity contribution is -0.154. The monoisotopic (exact) mass is 307 g/mol. The number of methoxy groups -OCH3 is 1. The quantitative estimate of drug-likeness (QED) is 0.795. The molecule has 0 aliphatic heterocycles.